The maximum atomic E-state index is 12.0. The van der Waals surface area contributed by atoms with E-state index >= 15 is 0 Å². The van der Waals surface area contributed by atoms with Crippen LogP contribution >= 0.6 is 0 Å². The number of rotatable bonds is 3. The Hall–Kier alpha value is -0.500. The molecule has 1 aliphatic carbocycles. The topological polar surface area (TPSA) is 98.5 Å². The monoisotopic (exact) mass is 261 g/mol. The number of nitrogens with one attached hydrogen (secondary N) is 1. The predicted octanol–water partition coefficient (Wildman–Crippen LogP) is -0.769. The van der Waals surface area contributed by atoms with Gasteiger partial charge in [-0.05, 0) is 19.9 Å². The maximum absolute atomic E-state index is 12.0. The van der Waals surface area contributed by atoms with Crippen molar-refractivity contribution in [2.45, 2.75) is 43.3 Å². The van der Waals surface area contributed by atoms with Gasteiger partial charge in [-0.1, -0.05) is 12.8 Å². The van der Waals surface area contributed by atoms with Gasteiger partial charge in [0, 0.05) is 12.1 Å². The summed E-state index contributed by atoms with van der Waals surface area (Å²) in [5.41, 5.74) is 4.21. The summed E-state index contributed by atoms with van der Waals surface area (Å²) < 4.78 is 24.0. The minimum Gasteiger partial charge on any atom is -0.612 e. The number of carbonyl (C=O) groups excluding carboxylic acids is 1. The van der Waals surface area contributed by atoms with E-state index in [1.807, 2.05) is 4.90 Å². The molecule has 17 heavy (non-hydrogen) atoms. The quantitative estimate of drug-likeness (QED) is 0.650. The molecule has 1 heterocycles. The molecular weight excluding hydrogens is 242 g/mol. The van der Waals surface area contributed by atoms with Crippen LogP contribution in [0.4, 0.5) is 0 Å². The zero-order valence-electron chi connectivity index (χ0n) is 9.93. The largest absolute Gasteiger partial charge is 0.612 e. The number of primary amides is 1. The van der Waals surface area contributed by atoms with Crippen LogP contribution in [-0.4, -0.2) is 45.7 Å². The Labute approximate surface area is 102 Å². The molecule has 0 aromatic heterocycles. The van der Waals surface area contributed by atoms with Gasteiger partial charge in [-0.25, -0.2) is 4.90 Å². The number of sulfone groups is 1. The number of hydrogen-bond acceptors (Lipinski definition) is 5. The van der Waals surface area contributed by atoms with Gasteiger partial charge in [0.15, 0.2) is 5.75 Å². The minimum absolute atomic E-state index is 0.224. The molecule has 7 heteroatoms. The second kappa shape index (κ2) is 4.64. The molecule has 4 atom stereocenters. The normalized spacial score (nSPS) is 37.4. The zero-order chi connectivity index (χ0) is 12.6. The van der Waals surface area contributed by atoms with Crippen LogP contribution in [-0.2, 0) is 19.2 Å². The van der Waals surface area contributed by atoms with Crippen LogP contribution in [0.5, 0.6) is 0 Å². The summed E-state index contributed by atoms with van der Waals surface area (Å²) in [6.07, 6.45) is 4.27. The van der Waals surface area contributed by atoms with Gasteiger partial charge in [-0.2, -0.15) is 0 Å². The zero-order valence-corrected chi connectivity index (χ0v) is 10.7. The van der Waals surface area contributed by atoms with Crippen molar-refractivity contribution >= 4 is 16.1 Å². The van der Waals surface area contributed by atoms with Crippen LogP contribution in [0.2, 0.25) is 0 Å². The fourth-order valence-electron chi connectivity index (χ4n) is 2.90. The average molecular weight is 261 g/mol. The Morgan fingerprint density at radius 1 is 1.53 bits per heavy atom. The van der Waals surface area contributed by atoms with Gasteiger partial charge < -0.3 is 10.3 Å². The molecule has 1 aliphatic heterocycles. The van der Waals surface area contributed by atoms with E-state index in [9.17, 15) is 13.6 Å². The Kier molecular flexibility index (Phi) is 3.53. The first-order chi connectivity index (χ1) is 7.92. The van der Waals surface area contributed by atoms with E-state index in [4.69, 9.17) is 5.73 Å². The van der Waals surface area contributed by atoms with Crippen LogP contribution in [0.3, 0.4) is 0 Å². The Morgan fingerprint density at radius 2 is 2.18 bits per heavy atom. The van der Waals surface area contributed by atoms with Crippen molar-refractivity contribution in [3.8, 4) is 0 Å². The molecule has 3 N–H and O–H groups in total. The molecular formula is C10H19N3O3S. The third-order valence-corrected chi connectivity index (χ3v) is 5.50. The van der Waals surface area contributed by atoms with Crippen molar-refractivity contribution < 1.29 is 13.6 Å². The molecule has 1 saturated carbocycles. The van der Waals surface area contributed by atoms with Crippen molar-refractivity contribution in [2.24, 2.45) is 5.73 Å². The number of fused-ring (bicyclic) bond motifs is 1. The third kappa shape index (κ3) is 2.52. The molecule has 2 rings (SSSR count). The number of nitrogens with zero attached hydrogens (tertiary/aromatic N) is 1. The van der Waals surface area contributed by atoms with E-state index in [-0.39, 0.29) is 12.1 Å². The molecule has 0 spiro atoms. The van der Waals surface area contributed by atoms with E-state index < -0.39 is 27.4 Å². The number of nitrogens with two attached hydrogens (primary N) is 1. The van der Waals surface area contributed by atoms with E-state index in [2.05, 4.69) is 5.32 Å². The molecule has 2 aliphatic rings. The summed E-state index contributed by atoms with van der Waals surface area (Å²) >= 11 is 0. The highest BCUT2D eigenvalue weighted by Crippen LogP contribution is 2.31. The fourth-order valence-corrected chi connectivity index (χ4v) is 4.50. The lowest BCUT2D eigenvalue weighted by Crippen LogP contribution is -2.49. The summed E-state index contributed by atoms with van der Waals surface area (Å²) in [5, 5.41) is 3.12. The summed E-state index contributed by atoms with van der Waals surface area (Å²) in [6, 6.07) is 0.484. The van der Waals surface area contributed by atoms with Gasteiger partial charge in [0.1, 0.15) is 0 Å². The van der Waals surface area contributed by atoms with Crippen LogP contribution in [0.15, 0.2) is 0 Å². The van der Waals surface area contributed by atoms with Crippen molar-refractivity contribution in [3.05, 3.63) is 0 Å². The number of carbonyl (C=O) groups is 1. The molecule has 0 bridgehead atoms. The first kappa shape index (κ1) is 12.9. The second-order valence-electron chi connectivity index (χ2n) is 4.92. The highest BCUT2D eigenvalue weighted by Gasteiger charge is 2.48. The molecule has 4 unspecified atom stereocenters. The summed E-state index contributed by atoms with van der Waals surface area (Å²) in [4.78, 5) is 12.6. The van der Waals surface area contributed by atoms with Crippen molar-refractivity contribution in [1.82, 2.24) is 10.2 Å². The lowest BCUT2D eigenvalue weighted by atomic mass is 9.91. The number of likely N-dealkylation sites (N-methyl/N-ethyl adjacent to an activating group) is 1. The van der Waals surface area contributed by atoms with Crippen molar-refractivity contribution in [2.75, 3.05) is 12.8 Å². The van der Waals surface area contributed by atoms with Gasteiger partial charge in [0.25, 0.3) is 5.91 Å². The molecule has 2 fully saturated rings. The molecule has 1 saturated heterocycles. The number of hydrogen-bond donors (Lipinski definition) is 2. The van der Waals surface area contributed by atoms with Crippen LogP contribution in [0, 0.1) is 0 Å². The van der Waals surface area contributed by atoms with E-state index in [0.29, 0.717) is 0 Å². The predicted molar refractivity (Wildman–Crippen MR) is 63.6 cm³/mol. The highest BCUT2D eigenvalue weighted by atomic mass is 32.3. The van der Waals surface area contributed by atoms with Gasteiger partial charge in [-0.15, -0.1) is 4.21 Å². The Bertz CT molecular complexity index is 363. The fraction of sp³-hybridized carbons (Fsp3) is 0.900. The summed E-state index contributed by atoms with van der Waals surface area (Å²) in [7, 11) is -1.73. The SMILES string of the molecule is CN1C2CCCCC2NC1[S+](=O)([O-])CC(N)=O. The standard InChI is InChI=1S/C10H19N3O3S/c1-13-8-5-3-2-4-7(8)12-10(13)17(15,16)6-9(11)14/h7-8,10,12H,2-6H2,1H3,(H2-,11,14,15,16). The molecule has 98 valence electrons. The van der Waals surface area contributed by atoms with Crippen LogP contribution < -0.4 is 11.1 Å². The summed E-state index contributed by atoms with van der Waals surface area (Å²) in [5.74, 6) is -1.39. The second-order valence-corrected chi connectivity index (χ2v) is 6.98. The number of amides is 1. The summed E-state index contributed by atoms with van der Waals surface area (Å²) in [6.45, 7) is 0. The smallest absolute Gasteiger partial charge is 0.267 e. The highest BCUT2D eigenvalue weighted by molar-refractivity contribution is 7.98. The van der Waals surface area contributed by atoms with Crippen molar-refractivity contribution in [3.63, 3.8) is 0 Å². The first-order valence-corrected chi connectivity index (χ1v) is 7.61. The lowest BCUT2D eigenvalue weighted by Gasteiger charge is -2.29. The van der Waals surface area contributed by atoms with Crippen LogP contribution in [0.25, 0.3) is 0 Å². The van der Waals surface area contributed by atoms with Crippen molar-refractivity contribution in [1.29, 1.82) is 0 Å². The van der Waals surface area contributed by atoms with Gasteiger partial charge in [0.2, 0.25) is 5.50 Å². The Balaban J connectivity index is 2.12. The van der Waals surface area contributed by atoms with E-state index in [1.54, 1.807) is 7.05 Å². The third-order valence-electron chi connectivity index (χ3n) is 3.66. The molecule has 6 nitrogen and oxygen atoms in total. The van der Waals surface area contributed by atoms with E-state index in [0.717, 1.165) is 25.7 Å². The Morgan fingerprint density at radius 3 is 2.76 bits per heavy atom. The minimum atomic E-state index is -3.53. The average Bonchev–Trinajstić information content (AvgIpc) is 2.56. The molecule has 1 amide bonds. The first-order valence-electron chi connectivity index (χ1n) is 5.89. The van der Waals surface area contributed by atoms with Gasteiger partial charge in [0.05, 0.1) is 10.2 Å². The maximum Gasteiger partial charge on any atom is 0.267 e. The molecule has 0 radical (unpaired) electrons. The molecule has 0 aromatic rings. The van der Waals surface area contributed by atoms with Gasteiger partial charge >= 0.3 is 0 Å². The van der Waals surface area contributed by atoms with Gasteiger partial charge in [-0.3, -0.25) is 10.1 Å². The lowest BCUT2D eigenvalue weighted by molar-refractivity contribution is -0.115. The van der Waals surface area contributed by atoms with E-state index in [1.165, 1.54) is 0 Å². The van der Waals surface area contributed by atoms with Crippen LogP contribution in [0.1, 0.15) is 25.7 Å². The molecule has 0 aromatic carbocycles.